The van der Waals surface area contributed by atoms with Crippen LogP contribution in [0.5, 0.6) is 0 Å². The Morgan fingerprint density at radius 2 is 2.33 bits per heavy atom. The van der Waals surface area contributed by atoms with E-state index in [9.17, 15) is 0 Å². The zero-order chi connectivity index (χ0) is 11.1. The minimum absolute atomic E-state index is 0.182. The Labute approximate surface area is 95.6 Å². The normalized spacial score (nSPS) is 13.0. The number of nitrogens with one attached hydrogen (secondary N) is 1. The fourth-order valence-electron chi connectivity index (χ4n) is 1.39. The molecule has 3 N–H and O–H groups in total. The highest BCUT2D eigenvalue weighted by Crippen LogP contribution is 2.12. The van der Waals surface area contributed by atoms with Crippen LogP contribution in [0, 0.1) is 6.92 Å². The fourth-order valence-corrected chi connectivity index (χ4v) is 2.24. The number of rotatable bonds is 7. The topological polar surface area (TPSA) is 47.3 Å². The van der Waals surface area contributed by atoms with Gasteiger partial charge in [0.25, 0.3) is 0 Å². The van der Waals surface area contributed by atoms with Gasteiger partial charge in [0.2, 0.25) is 0 Å². The summed E-state index contributed by atoms with van der Waals surface area (Å²) in [7, 11) is 1.71. The van der Waals surface area contributed by atoms with Crippen LogP contribution in [0.1, 0.15) is 17.5 Å². The SMILES string of the molecule is COC(CN)CCNCc1cscc1C. The predicted octanol–water partition coefficient (Wildman–Crippen LogP) is 1.51. The van der Waals surface area contributed by atoms with E-state index in [0.717, 1.165) is 19.5 Å². The molecular weight excluding hydrogens is 208 g/mol. The van der Waals surface area contributed by atoms with Crippen molar-refractivity contribution >= 4 is 11.3 Å². The van der Waals surface area contributed by atoms with Gasteiger partial charge >= 0.3 is 0 Å². The third kappa shape index (κ3) is 4.30. The largest absolute Gasteiger partial charge is 0.380 e. The molecule has 1 heterocycles. The van der Waals surface area contributed by atoms with Crippen LogP contribution in [0.25, 0.3) is 0 Å². The van der Waals surface area contributed by atoms with Gasteiger partial charge in [0.15, 0.2) is 0 Å². The first-order chi connectivity index (χ1) is 7.27. The van der Waals surface area contributed by atoms with Crippen molar-refractivity contribution in [3.63, 3.8) is 0 Å². The molecule has 0 saturated carbocycles. The molecule has 0 radical (unpaired) electrons. The summed E-state index contributed by atoms with van der Waals surface area (Å²) in [5.41, 5.74) is 8.29. The van der Waals surface area contributed by atoms with Crippen LogP contribution in [0.3, 0.4) is 0 Å². The van der Waals surface area contributed by atoms with Gasteiger partial charge in [0, 0.05) is 20.2 Å². The maximum Gasteiger partial charge on any atom is 0.0705 e. The zero-order valence-corrected chi connectivity index (χ0v) is 10.3. The highest BCUT2D eigenvalue weighted by Gasteiger charge is 2.04. The van der Waals surface area contributed by atoms with Crippen molar-refractivity contribution < 1.29 is 4.74 Å². The van der Waals surface area contributed by atoms with Crippen LogP contribution in [0.4, 0.5) is 0 Å². The second-order valence-corrected chi connectivity index (χ2v) is 4.38. The van der Waals surface area contributed by atoms with Crippen LogP contribution < -0.4 is 11.1 Å². The lowest BCUT2D eigenvalue weighted by Gasteiger charge is -2.12. The molecule has 1 aromatic heterocycles. The molecule has 0 aliphatic carbocycles. The first-order valence-electron chi connectivity index (χ1n) is 5.23. The van der Waals surface area contributed by atoms with Crippen LogP contribution in [-0.2, 0) is 11.3 Å². The maximum atomic E-state index is 5.53. The van der Waals surface area contributed by atoms with Gasteiger partial charge in [0.05, 0.1) is 6.10 Å². The number of nitrogens with two attached hydrogens (primary N) is 1. The monoisotopic (exact) mass is 228 g/mol. The van der Waals surface area contributed by atoms with Crippen LogP contribution >= 0.6 is 11.3 Å². The molecule has 0 amide bonds. The van der Waals surface area contributed by atoms with E-state index < -0.39 is 0 Å². The predicted molar refractivity (Wildman–Crippen MR) is 65.2 cm³/mol. The zero-order valence-electron chi connectivity index (χ0n) is 9.45. The summed E-state index contributed by atoms with van der Waals surface area (Å²) in [5, 5.41) is 7.77. The average Bonchev–Trinajstić information content (AvgIpc) is 2.65. The molecule has 3 nitrogen and oxygen atoms in total. The summed E-state index contributed by atoms with van der Waals surface area (Å²) in [6, 6.07) is 0. The molecule has 0 aliphatic rings. The lowest BCUT2D eigenvalue weighted by molar-refractivity contribution is 0.102. The minimum Gasteiger partial charge on any atom is -0.380 e. The number of aryl methyl sites for hydroxylation is 1. The molecule has 1 rings (SSSR count). The fraction of sp³-hybridized carbons (Fsp3) is 0.636. The highest BCUT2D eigenvalue weighted by atomic mass is 32.1. The molecule has 0 aliphatic heterocycles. The van der Waals surface area contributed by atoms with E-state index in [1.165, 1.54) is 11.1 Å². The summed E-state index contributed by atoms with van der Waals surface area (Å²) < 4.78 is 5.20. The molecule has 0 fully saturated rings. The molecule has 15 heavy (non-hydrogen) atoms. The van der Waals surface area contributed by atoms with Gasteiger partial charge in [-0.15, -0.1) is 0 Å². The number of ether oxygens (including phenoxy) is 1. The minimum atomic E-state index is 0.182. The third-order valence-electron chi connectivity index (χ3n) is 2.52. The Balaban J connectivity index is 2.14. The van der Waals surface area contributed by atoms with Crippen molar-refractivity contribution in [2.45, 2.75) is 26.0 Å². The second-order valence-electron chi connectivity index (χ2n) is 3.64. The van der Waals surface area contributed by atoms with Gasteiger partial charge in [-0.2, -0.15) is 11.3 Å². The molecule has 1 unspecified atom stereocenters. The summed E-state index contributed by atoms with van der Waals surface area (Å²) >= 11 is 1.75. The van der Waals surface area contributed by atoms with Crippen LogP contribution in [0.15, 0.2) is 10.8 Å². The van der Waals surface area contributed by atoms with Crippen molar-refractivity contribution in [3.05, 3.63) is 21.9 Å². The molecule has 1 atom stereocenters. The van der Waals surface area contributed by atoms with E-state index in [0.29, 0.717) is 6.54 Å². The molecule has 86 valence electrons. The number of hydrogen-bond donors (Lipinski definition) is 2. The summed E-state index contributed by atoms with van der Waals surface area (Å²) in [6.45, 7) is 4.63. The van der Waals surface area contributed by atoms with Crippen molar-refractivity contribution in [1.29, 1.82) is 0 Å². The Morgan fingerprint density at radius 1 is 1.53 bits per heavy atom. The quantitative estimate of drug-likeness (QED) is 0.695. The summed E-state index contributed by atoms with van der Waals surface area (Å²) in [5.74, 6) is 0. The molecule has 0 saturated heterocycles. The van der Waals surface area contributed by atoms with Crippen molar-refractivity contribution in [2.24, 2.45) is 5.73 Å². The number of hydrogen-bond acceptors (Lipinski definition) is 4. The smallest absolute Gasteiger partial charge is 0.0705 e. The van der Waals surface area contributed by atoms with Gasteiger partial charge in [-0.05, 0) is 41.8 Å². The standard InChI is InChI=1S/C11H20N2OS/c1-9-7-15-8-10(9)6-13-4-3-11(5-12)14-2/h7-8,11,13H,3-6,12H2,1-2H3. The Kier molecular flexibility index (Phi) is 5.86. The van der Waals surface area contributed by atoms with E-state index in [2.05, 4.69) is 23.0 Å². The molecule has 0 spiro atoms. The molecule has 0 bridgehead atoms. The summed E-state index contributed by atoms with van der Waals surface area (Å²) in [6.07, 6.45) is 1.15. The van der Waals surface area contributed by atoms with E-state index in [1.54, 1.807) is 18.4 Å². The Morgan fingerprint density at radius 3 is 2.87 bits per heavy atom. The van der Waals surface area contributed by atoms with Crippen molar-refractivity contribution in [1.82, 2.24) is 5.32 Å². The van der Waals surface area contributed by atoms with E-state index in [1.807, 2.05) is 0 Å². The number of thiophene rings is 1. The van der Waals surface area contributed by atoms with E-state index in [4.69, 9.17) is 10.5 Å². The summed E-state index contributed by atoms with van der Waals surface area (Å²) in [4.78, 5) is 0. The van der Waals surface area contributed by atoms with Crippen LogP contribution in [-0.4, -0.2) is 26.3 Å². The van der Waals surface area contributed by atoms with Gasteiger partial charge in [-0.3, -0.25) is 0 Å². The van der Waals surface area contributed by atoms with Crippen molar-refractivity contribution in [3.8, 4) is 0 Å². The van der Waals surface area contributed by atoms with Gasteiger partial charge in [0.1, 0.15) is 0 Å². The molecule has 4 heteroatoms. The Bertz CT molecular complexity index is 271. The van der Waals surface area contributed by atoms with Gasteiger partial charge in [-0.1, -0.05) is 0 Å². The van der Waals surface area contributed by atoms with Gasteiger partial charge < -0.3 is 15.8 Å². The lowest BCUT2D eigenvalue weighted by atomic mass is 10.2. The molecule has 1 aromatic rings. The third-order valence-corrected chi connectivity index (χ3v) is 3.43. The van der Waals surface area contributed by atoms with Gasteiger partial charge in [-0.25, -0.2) is 0 Å². The van der Waals surface area contributed by atoms with Crippen molar-refractivity contribution in [2.75, 3.05) is 20.2 Å². The second kappa shape index (κ2) is 6.95. The maximum absolute atomic E-state index is 5.53. The van der Waals surface area contributed by atoms with E-state index in [-0.39, 0.29) is 6.10 Å². The lowest BCUT2D eigenvalue weighted by Crippen LogP contribution is -2.27. The molecular formula is C11H20N2OS. The number of methoxy groups -OCH3 is 1. The first kappa shape index (κ1) is 12.6. The first-order valence-corrected chi connectivity index (χ1v) is 6.17. The Hall–Kier alpha value is -0.420. The van der Waals surface area contributed by atoms with Crippen LogP contribution in [0.2, 0.25) is 0 Å². The highest BCUT2D eigenvalue weighted by molar-refractivity contribution is 7.08. The molecule has 0 aromatic carbocycles. The van der Waals surface area contributed by atoms with E-state index >= 15 is 0 Å². The average molecular weight is 228 g/mol.